The van der Waals surface area contributed by atoms with E-state index in [1.165, 1.54) is 11.3 Å². The van der Waals surface area contributed by atoms with Crippen molar-refractivity contribution >= 4 is 51.1 Å². The summed E-state index contributed by atoms with van der Waals surface area (Å²) < 4.78 is 24.3. The molecule has 2 N–H and O–H groups in total. The van der Waals surface area contributed by atoms with Crippen molar-refractivity contribution in [2.75, 3.05) is 25.1 Å². The maximum Gasteiger partial charge on any atom is 0.360 e. The second-order valence-corrected chi connectivity index (χ2v) is 9.93. The monoisotopic (exact) mass is 444 g/mol. The van der Waals surface area contributed by atoms with Crippen molar-refractivity contribution in [3.8, 4) is 10.6 Å². The number of hydrogen-bond acceptors (Lipinski definition) is 8. The topological polar surface area (TPSA) is 113 Å². The van der Waals surface area contributed by atoms with E-state index >= 15 is 0 Å². The van der Waals surface area contributed by atoms with E-state index in [1.807, 2.05) is 23.1 Å². The van der Waals surface area contributed by atoms with Gasteiger partial charge in [-0.3, -0.25) is 4.57 Å². The van der Waals surface area contributed by atoms with Crippen molar-refractivity contribution in [1.82, 2.24) is 4.98 Å². The summed E-state index contributed by atoms with van der Waals surface area (Å²) in [5.41, 5.74) is 0.775. The van der Waals surface area contributed by atoms with Gasteiger partial charge in [0.15, 0.2) is 0 Å². The average molecular weight is 444 g/mol. The molecule has 2 aromatic heterocycles. The lowest BCUT2D eigenvalue weighted by molar-refractivity contribution is 0.142. The van der Waals surface area contributed by atoms with E-state index in [2.05, 4.69) is 4.98 Å². The highest BCUT2D eigenvalue weighted by atomic mass is 32.1. The molecule has 1 saturated heterocycles. The van der Waals surface area contributed by atoms with Crippen LogP contribution in [0.25, 0.3) is 31.8 Å². The van der Waals surface area contributed by atoms with Crippen LogP contribution in [0.4, 0.5) is 5.69 Å². The first kappa shape index (κ1) is 19.4. The molecule has 0 bridgehead atoms. The summed E-state index contributed by atoms with van der Waals surface area (Å²) in [7, 11) is -3.21. The summed E-state index contributed by atoms with van der Waals surface area (Å²) >= 11 is 1.24. The molecule has 3 heterocycles. The molecule has 30 heavy (non-hydrogen) atoms. The predicted molar refractivity (Wildman–Crippen MR) is 116 cm³/mol. The fraction of sp³-hybridized carbons (Fsp3) is 0.200. The van der Waals surface area contributed by atoms with Gasteiger partial charge < -0.3 is 23.8 Å². The molecule has 1 atom stereocenters. The van der Waals surface area contributed by atoms with E-state index in [9.17, 15) is 19.4 Å². The maximum atomic E-state index is 13.0. The molecule has 0 saturated carbocycles. The van der Waals surface area contributed by atoms with Crippen molar-refractivity contribution in [2.45, 2.75) is 6.10 Å². The van der Waals surface area contributed by atoms with Gasteiger partial charge in [-0.05, 0) is 24.3 Å². The quantitative estimate of drug-likeness (QED) is 0.365. The van der Waals surface area contributed by atoms with E-state index in [0.29, 0.717) is 29.0 Å². The summed E-state index contributed by atoms with van der Waals surface area (Å²) in [6, 6.07) is 12.4. The van der Waals surface area contributed by atoms with Gasteiger partial charge >= 0.3 is 13.2 Å². The number of aliphatic hydroxyl groups excluding tert-OH is 1. The molecule has 10 heteroatoms. The normalized spacial score (nSPS) is 16.7. The second-order valence-electron chi connectivity index (χ2n) is 7.04. The molecule has 1 aliphatic heterocycles. The summed E-state index contributed by atoms with van der Waals surface area (Å²) in [4.78, 5) is 29.9. The highest BCUT2D eigenvalue weighted by molar-refractivity contribution is 7.62. The zero-order chi connectivity index (χ0) is 21.0. The Labute approximate surface area is 174 Å². The Hall–Kier alpha value is -2.55. The summed E-state index contributed by atoms with van der Waals surface area (Å²) in [6.07, 6.45) is -0.393. The molecule has 0 aliphatic carbocycles. The van der Waals surface area contributed by atoms with Crippen LogP contribution in [-0.2, 0) is 9.09 Å². The van der Waals surface area contributed by atoms with Gasteiger partial charge in [0.25, 0.3) is 0 Å². The van der Waals surface area contributed by atoms with Crippen LogP contribution < -0.4 is 15.8 Å². The van der Waals surface area contributed by atoms with Gasteiger partial charge in [0.2, 0.25) is 0 Å². The highest BCUT2D eigenvalue weighted by Gasteiger charge is 2.33. The molecule has 1 fully saturated rings. The summed E-state index contributed by atoms with van der Waals surface area (Å²) in [5, 5.41) is 10.0. The van der Waals surface area contributed by atoms with E-state index in [4.69, 9.17) is 8.94 Å². The molecule has 4 aromatic rings. The Morgan fingerprint density at radius 1 is 1.27 bits per heavy atom. The van der Waals surface area contributed by atoms with Gasteiger partial charge in [0.05, 0.1) is 21.6 Å². The van der Waals surface area contributed by atoms with Crippen molar-refractivity contribution < 1.29 is 23.5 Å². The Kier molecular flexibility index (Phi) is 4.53. The van der Waals surface area contributed by atoms with Crippen LogP contribution in [0.15, 0.2) is 51.7 Å². The zero-order valence-electron chi connectivity index (χ0n) is 15.8. The molecular weight excluding hydrogens is 427 g/mol. The molecule has 2 aromatic carbocycles. The third-order valence-electron chi connectivity index (χ3n) is 5.13. The fourth-order valence-corrected chi connectivity index (χ4v) is 5.82. The minimum atomic E-state index is -4.33. The van der Waals surface area contributed by atoms with Crippen LogP contribution in [0.2, 0.25) is 0 Å². The number of para-hydroxylation sites is 1. The molecule has 5 rings (SSSR count). The maximum absolute atomic E-state index is 13.0. The molecule has 1 unspecified atom stereocenters. The van der Waals surface area contributed by atoms with Crippen LogP contribution in [-0.4, -0.2) is 41.3 Å². The van der Waals surface area contributed by atoms with Gasteiger partial charge in [-0.2, -0.15) is 0 Å². The Balaban J connectivity index is 1.78. The molecule has 0 radical (unpaired) electrons. The number of rotatable bonds is 4. The molecule has 0 spiro atoms. The number of aromatic nitrogens is 1. The molecule has 8 nitrogen and oxygen atoms in total. The minimum absolute atomic E-state index is 0.0662. The van der Waals surface area contributed by atoms with E-state index in [1.54, 1.807) is 24.3 Å². The Morgan fingerprint density at radius 3 is 2.73 bits per heavy atom. The van der Waals surface area contributed by atoms with E-state index < -0.39 is 19.3 Å². The number of fused-ring (bicyclic) bond motifs is 2. The largest absolute Gasteiger partial charge is 0.422 e. The first-order chi connectivity index (χ1) is 14.4. The first-order valence-corrected chi connectivity index (χ1v) is 11.6. The lowest BCUT2D eigenvalue weighted by atomic mass is 10.1. The molecule has 0 amide bonds. The van der Waals surface area contributed by atoms with Crippen molar-refractivity contribution in [1.29, 1.82) is 0 Å². The Bertz CT molecular complexity index is 1360. The number of aliphatic hydroxyl groups is 1. The van der Waals surface area contributed by atoms with Crippen LogP contribution in [0.3, 0.4) is 0 Å². The fourth-order valence-electron chi connectivity index (χ4n) is 3.59. The SMILES string of the molecule is COP(=O)(O)c1c(-c2nc3ccccc3s2)c(=O)oc2cc(N3CC(O)C3)ccc12. The third kappa shape index (κ3) is 3.07. The van der Waals surface area contributed by atoms with Gasteiger partial charge in [-0.15, -0.1) is 11.3 Å². The van der Waals surface area contributed by atoms with E-state index in [0.717, 1.165) is 17.5 Å². The molecule has 1 aliphatic rings. The van der Waals surface area contributed by atoms with Crippen LogP contribution in [0.1, 0.15) is 0 Å². The number of anilines is 1. The van der Waals surface area contributed by atoms with Gasteiger partial charge in [0, 0.05) is 37.3 Å². The van der Waals surface area contributed by atoms with Crippen molar-refractivity contribution in [2.24, 2.45) is 0 Å². The number of β-amino-alcohol motifs (C(OH)–C–C–N with tert-alkyl or cyclic N) is 1. The van der Waals surface area contributed by atoms with Crippen LogP contribution in [0.5, 0.6) is 0 Å². The Morgan fingerprint density at radius 2 is 2.03 bits per heavy atom. The number of benzene rings is 2. The van der Waals surface area contributed by atoms with Crippen LogP contribution in [0, 0.1) is 0 Å². The highest BCUT2D eigenvalue weighted by Crippen LogP contribution is 2.45. The average Bonchev–Trinajstić information content (AvgIpc) is 3.13. The standard InChI is InChI=1S/C20H17N2O6PS/c1-27-29(25,26)18-13-7-6-11(22-9-12(23)10-22)8-15(13)28-20(24)17(18)19-21-14-4-2-3-5-16(14)30-19/h2-8,12,23H,9-10H2,1H3,(H,25,26). The van der Waals surface area contributed by atoms with Crippen molar-refractivity contribution in [3.05, 3.63) is 52.9 Å². The van der Waals surface area contributed by atoms with E-state index in [-0.39, 0.29) is 16.5 Å². The van der Waals surface area contributed by atoms with Crippen molar-refractivity contribution in [3.63, 3.8) is 0 Å². The zero-order valence-corrected chi connectivity index (χ0v) is 17.5. The predicted octanol–water partition coefficient (Wildman–Crippen LogP) is 2.71. The van der Waals surface area contributed by atoms with Gasteiger partial charge in [-0.25, -0.2) is 9.78 Å². The lowest BCUT2D eigenvalue weighted by Gasteiger charge is -2.37. The summed E-state index contributed by atoms with van der Waals surface area (Å²) in [6.45, 7) is 0.950. The third-order valence-corrected chi connectivity index (χ3v) is 7.71. The first-order valence-electron chi connectivity index (χ1n) is 9.16. The smallest absolute Gasteiger partial charge is 0.360 e. The molecular formula is C20H17N2O6PS. The van der Waals surface area contributed by atoms with Crippen LogP contribution >= 0.6 is 18.9 Å². The van der Waals surface area contributed by atoms with Gasteiger partial charge in [-0.1, -0.05) is 12.1 Å². The second kappa shape index (κ2) is 7.01. The molecule has 154 valence electrons. The minimum Gasteiger partial charge on any atom is -0.422 e. The summed E-state index contributed by atoms with van der Waals surface area (Å²) in [5.74, 6) is 0. The number of thiazole rings is 1. The number of nitrogens with zero attached hydrogens (tertiary/aromatic N) is 2. The lowest BCUT2D eigenvalue weighted by Crippen LogP contribution is -2.50. The van der Waals surface area contributed by atoms with Gasteiger partial charge in [0.1, 0.15) is 16.2 Å². The number of hydrogen-bond donors (Lipinski definition) is 2.